The summed E-state index contributed by atoms with van der Waals surface area (Å²) in [5.41, 5.74) is 4.00. The summed E-state index contributed by atoms with van der Waals surface area (Å²) in [6.07, 6.45) is 5.92. The van der Waals surface area contributed by atoms with Crippen LogP contribution in [0.5, 0.6) is 0 Å². The Hall–Kier alpha value is -3.52. The molecule has 0 spiro atoms. The third kappa shape index (κ3) is 3.67. The monoisotopic (exact) mass is 430 g/mol. The summed E-state index contributed by atoms with van der Waals surface area (Å²) in [5.74, 6) is -0.0818. The number of likely N-dealkylation sites (N-methyl/N-ethyl adjacent to an activating group) is 1. The molecule has 1 aromatic carbocycles. The number of carbonyl (C=O) groups is 1. The van der Waals surface area contributed by atoms with E-state index in [1.54, 1.807) is 11.6 Å². The summed E-state index contributed by atoms with van der Waals surface area (Å²) >= 11 is 0. The van der Waals surface area contributed by atoms with Crippen LogP contribution in [0, 0.1) is 6.92 Å². The molecule has 8 nitrogen and oxygen atoms in total. The molecular weight excluding hydrogens is 404 g/mol. The number of benzene rings is 1. The molecule has 0 atom stereocenters. The van der Waals surface area contributed by atoms with Gasteiger partial charge in [-0.15, -0.1) is 0 Å². The first-order chi connectivity index (χ1) is 15.5. The van der Waals surface area contributed by atoms with Crippen molar-refractivity contribution in [2.75, 3.05) is 20.1 Å². The summed E-state index contributed by atoms with van der Waals surface area (Å²) in [4.78, 5) is 29.7. The highest BCUT2D eigenvalue weighted by atomic mass is 16.1. The van der Waals surface area contributed by atoms with Crippen molar-refractivity contribution in [3.05, 3.63) is 64.3 Å². The number of fused-ring (bicyclic) bond motifs is 2. The van der Waals surface area contributed by atoms with Gasteiger partial charge in [-0.1, -0.05) is 6.07 Å². The van der Waals surface area contributed by atoms with E-state index >= 15 is 0 Å². The normalized spacial score (nSPS) is 14.8. The molecule has 5 rings (SSSR count). The van der Waals surface area contributed by atoms with Crippen molar-refractivity contribution in [3.8, 4) is 11.3 Å². The maximum atomic E-state index is 13.1. The fourth-order valence-electron chi connectivity index (χ4n) is 4.48. The molecule has 1 fully saturated rings. The molecule has 32 heavy (non-hydrogen) atoms. The average Bonchev–Trinajstić information content (AvgIpc) is 3.20. The Bertz CT molecular complexity index is 1380. The fraction of sp³-hybridized carbons (Fsp3) is 0.333. The lowest BCUT2D eigenvalue weighted by Crippen LogP contribution is -2.34. The highest BCUT2D eigenvalue weighted by molar-refractivity contribution is 5.86. The van der Waals surface area contributed by atoms with Gasteiger partial charge in [0.1, 0.15) is 0 Å². The number of carbonyl (C=O) groups excluding carboxylic acids is 1. The molecule has 1 aliphatic heterocycles. The van der Waals surface area contributed by atoms with Crippen LogP contribution in [0.2, 0.25) is 0 Å². The van der Waals surface area contributed by atoms with Crippen LogP contribution in [0.1, 0.15) is 30.1 Å². The van der Waals surface area contributed by atoms with Crippen molar-refractivity contribution in [2.45, 2.75) is 32.2 Å². The molecule has 0 saturated carbocycles. The first-order valence-corrected chi connectivity index (χ1v) is 11.0. The number of nitrogens with zero attached hydrogens (tertiary/aromatic N) is 4. The van der Waals surface area contributed by atoms with Gasteiger partial charge in [0.15, 0.2) is 5.65 Å². The zero-order valence-electron chi connectivity index (χ0n) is 18.3. The molecule has 0 aliphatic carbocycles. The first-order valence-electron chi connectivity index (χ1n) is 11.0. The predicted molar refractivity (Wildman–Crippen MR) is 124 cm³/mol. The highest BCUT2D eigenvalue weighted by Crippen LogP contribution is 2.25. The minimum atomic E-state index is -0.0818. The van der Waals surface area contributed by atoms with Crippen molar-refractivity contribution in [1.29, 1.82) is 0 Å². The largest absolute Gasteiger partial charge is 0.359 e. The van der Waals surface area contributed by atoms with Crippen molar-refractivity contribution in [3.63, 3.8) is 0 Å². The molecule has 2 N–H and O–H groups in total. The molecule has 3 aromatic heterocycles. The second-order valence-corrected chi connectivity index (χ2v) is 8.37. The van der Waals surface area contributed by atoms with Crippen molar-refractivity contribution < 1.29 is 4.79 Å². The van der Waals surface area contributed by atoms with Gasteiger partial charge in [0.05, 0.1) is 24.0 Å². The zero-order valence-corrected chi connectivity index (χ0v) is 18.3. The second kappa shape index (κ2) is 8.20. The van der Waals surface area contributed by atoms with E-state index in [4.69, 9.17) is 5.10 Å². The number of hydrogen-bond acceptors (Lipinski definition) is 5. The van der Waals surface area contributed by atoms with Crippen molar-refractivity contribution >= 4 is 22.3 Å². The Balaban J connectivity index is 1.58. The lowest BCUT2D eigenvalue weighted by molar-refractivity contribution is -0.119. The van der Waals surface area contributed by atoms with E-state index in [0.29, 0.717) is 11.0 Å². The fourth-order valence-corrected chi connectivity index (χ4v) is 4.48. The third-order valence-electron chi connectivity index (χ3n) is 6.18. The minimum absolute atomic E-state index is 0.0508. The molecule has 0 radical (unpaired) electrons. The van der Waals surface area contributed by atoms with E-state index in [1.807, 2.05) is 54.2 Å². The predicted octanol–water partition coefficient (Wildman–Crippen LogP) is 2.23. The van der Waals surface area contributed by atoms with E-state index in [1.165, 1.54) is 0 Å². The van der Waals surface area contributed by atoms with Gasteiger partial charge in [0.25, 0.3) is 5.56 Å². The minimum Gasteiger partial charge on any atom is -0.359 e. The van der Waals surface area contributed by atoms with Crippen LogP contribution >= 0.6 is 0 Å². The number of pyridine rings is 1. The molecule has 4 aromatic rings. The molecule has 1 saturated heterocycles. The zero-order chi connectivity index (χ0) is 22.2. The molecule has 0 unspecified atom stereocenters. The van der Waals surface area contributed by atoms with E-state index in [0.717, 1.165) is 53.8 Å². The molecule has 8 heteroatoms. The van der Waals surface area contributed by atoms with E-state index < -0.39 is 0 Å². The molecule has 1 aliphatic rings. The van der Waals surface area contributed by atoms with Crippen LogP contribution in [-0.2, 0) is 11.2 Å². The van der Waals surface area contributed by atoms with E-state index in [-0.39, 0.29) is 23.9 Å². The Labute approximate surface area is 185 Å². The van der Waals surface area contributed by atoms with Crippen molar-refractivity contribution in [1.82, 2.24) is 29.8 Å². The maximum absolute atomic E-state index is 13.1. The number of hydrogen-bond donors (Lipinski definition) is 2. The number of imidazole rings is 1. The standard InChI is InChI=1S/C24H26N6O2/c1-15-14-30-23(27-15)18(13-22(31)25-2)12-21(28-30)17-3-4-20-16(11-17)7-10-29(24(20)32)19-5-8-26-9-6-19/h3-4,7,10-12,14,19,26H,5-6,8-9,13H2,1-2H3,(H,25,31). The average molecular weight is 431 g/mol. The topological polar surface area (TPSA) is 93.3 Å². The highest BCUT2D eigenvalue weighted by Gasteiger charge is 2.18. The number of amides is 1. The number of aromatic nitrogens is 4. The maximum Gasteiger partial charge on any atom is 0.258 e. The van der Waals surface area contributed by atoms with Crippen LogP contribution in [0.15, 0.2) is 47.5 Å². The smallest absolute Gasteiger partial charge is 0.258 e. The number of aryl methyl sites for hydroxylation is 1. The van der Waals surface area contributed by atoms with Gasteiger partial charge in [0, 0.05) is 35.8 Å². The third-order valence-corrected chi connectivity index (χ3v) is 6.18. The first kappa shape index (κ1) is 20.4. The molecule has 164 valence electrons. The summed E-state index contributed by atoms with van der Waals surface area (Å²) in [6, 6.07) is 9.97. The summed E-state index contributed by atoms with van der Waals surface area (Å²) in [5, 5.41) is 12.3. The van der Waals surface area contributed by atoms with Gasteiger partial charge in [-0.05, 0) is 62.5 Å². The Morgan fingerprint density at radius 3 is 2.81 bits per heavy atom. The number of nitrogens with one attached hydrogen (secondary N) is 2. The van der Waals surface area contributed by atoms with Gasteiger partial charge < -0.3 is 15.2 Å². The van der Waals surface area contributed by atoms with E-state index in [2.05, 4.69) is 15.6 Å². The lowest BCUT2D eigenvalue weighted by atomic mass is 10.0. The second-order valence-electron chi connectivity index (χ2n) is 8.37. The molecule has 0 bridgehead atoms. The van der Waals surface area contributed by atoms with Crippen LogP contribution in [0.25, 0.3) is 27.7 Å². The Kier molecular flexibility index (Phi) is 5.22. The summed E-state index contributed by atoms with van der Waals surface area (Å²) in [6.45, 7) is 3.78. The summed E-state index contributed by atoms with van der Waals surface area (Å²) in [7, 11) is 1.62. The quantitative estimate of drug-likeness (QED) is 0.518. The van der Waals surface area contributed by atoms with Crippen LogP contribution in [0.3, 0.4) is 0 Å². The van der Waals surface area contributed by atoms with Gasteiger partial charge in [-0.3, -0.25) is 9.59 Å². The van der Waals surface area contributed by atoms with Gasteiger partial charge >= 0.3 is 0 Å². The molecule has 4 heterocycles. The van der Waals surface area contributed by atoms with Gasteiger partial charge in [0.2, 0.25) is 5.91 Å². The number of rotatable bonds is 4. The summed E-state index contributed by atoms with van der Waals surface area (Å²) < 4.78 is 3.60. The van der Waals surface area contributed by atoms with Crippen LogP contribution in [-0.4, -0.2) is 45.2 Å². The lowest BCUT2D eigenvalue weighted by Gasteiger charge is -2.25. The Morgan fingerprint density at radius 1 is 1.22 bits per heavy atom. The van der Waals surface area contributed by atoms with Crippen LogP contribution in [0.4, 0.5) is 0 Å². The SMILES string of the molecule is CNC(=O)Cc1cc(-c2ccc3c(=O)n(C4CCNCC4)ccc3c2)nn2cc(C)nc12. The molecular formula is C24H26N6O2. The Morgan fingerprint density at radius 2 is 2.03 bits per heavy atom. The molecule has 1 amide bonds. The van der Waals surface area contributed by atoms with Crippen molar-refractivity contribution in [2.24, 2.45) is 0 Å². The van der Waals surface area contributed by atoms with Crippen LogP contribution < -0.4 is 16.2 Å². The number of piperidine rings is 1. The van der Waals surface area contributed by atoms with Gasteiger partial charge in [-0.2, -0.15) is 5.10 Å². The van der Waals surface area contributed by atoms with Gasteiger partial charge in [-0.25, -0.2) is 9.50 Å². The van der Waals surface area contributed by atoms with E-state index in [9.17, 15) is 9.59 Å².